The van der Waals surface area contributed by atoms with Crippen LogP contribution in [-0.4, -0.2) is 18.4 Å². The second-order valence-electron chi connectivity index (χ2n) is 8.97. The zero-order valence-corrected chi connectivity index (χ0v) is 19.3. The van der Waals surface area contributed by atoms with Crippen LogP contribution in [-0.2, 0) is 4.79 Å². The molecule has 1 N–H and O–H groups in total. The number of allylic oxidation sites excluding steroid dienone is 5. The Kier molecular flexibility index (Phi) is 8.21. The Morgan fingerprint density at radius 1 is 1.42 bits per heavy atom. The molecule has 1 aromatic rings. The molecule has 0 aliphatic carbocycles. The summed E-state index contributed by atoms with van der Waals surface area (Å²) in [5.74, 6) is -2.31. The highest BCUT2D eigenvalue weighted by atomic mass is 35.5. The van der Waals surface area contributed by atoms with Crippen LogP contribution in [0.2, 0.25) is 5.02 Å². The van der Waals surface area contributed by atoms with E-state index in [0.717, 1.165) is 6.08 Å². The molecule has 1 unspecified atom stereocenters. The fourth-order valence-electron chi connectivity index (χ4n) is 4.28. The molecule has 0 bridgehead atoms. The second-order valence-corrected chi connectivity index (χ2v) is 9.82. The molecule has 1 aliphatic heterocycles. The van der Waals surface area contributed by atoms with Crippen LogP contribution in [0.15, 0.2) is 53.9 Å². The SMILES string of the molecule is C=C/C=C(Cl)\C=C(\F)C[C@]1(C#N)C(c2cccc(Cl)c2F)[C@H](C=O)N[C@H]1CC(C)(C)C. The maximum Gasteiger partial charge on any atom is 0.145 e. The van der Waals surface area contributed by atoms with Gasteiger partial charge in [-0.15, -0.1) is 0 Å². The Balaban J connectivity index is 2.70. The van der Waals surface area contributed by atoms with Crippen LogP contribution >= 0.6 is 23.2 Å². The first kappa shape index (κ1) is 25.3. The lowest BCUT2D eigenvalue weighted by Gasteiger charge is -2.36. The zero-order chi connectivity index (χ0) is 23.4. The Morgan fingerprint density at radius 3 is 2.65 bits per heavy atom. The molecule has 1 aromatic carbocycles. The number of nitriles is 1. The van der Waals surface area contributed by atoms with Crippen molar-refractivity contribution in [3.63, 3.8) is 0 Å². The molecule has 1 aliphatic rings. The molecule has 0 aromatic heterocycles. The van der Waals surface area contributed by atoms with E-state index in [0.29, 0.717) is 12.7 Å². The largest absolute Gasteiger partial charge is 0.303 e. The van der Waals surface area contributed by atoms with Crippen LogP contribution in [0.25, 0.3) is 0 Å². The molecule has 1 heterocycles. The fourth-order valence-corrected chi connectivity index (χ4v) is 4.67. The van der Waals surface area contributed by atoms with Crippen molar-refractivity contribution in [1.29, 1.82) is 5.26 Å². The quantitative estimate of drug-likeness (QED) is 0.363. The predicted molar refractivity (Wildman–Crippen MR) is 121 cm³/mol. The Bertz CT molecular complexity index is 946. The molecule has 2 rings (SSSR count). The van der Waals surface area contributed by atoms with Gasteiger partial charge in [-0.3, -0.25) is 0 Å². The number of halogens is 4. The third-order valence-corrected chi connectivity index (χ3v) is 5.98. The molecule has 166 valence electrons. The summed E-state index contributed by atoms with van der Waals surface area (Å²) in [5.41, 5.74) is -1.58. The highest BCUT2D eigenvalue weighted by Gasteiger charge is 2.57. The number of nitrogens with zero attached hydrogens (tertiary/aromatic N) is 1. The third-order valence-electron chi connectivity index (χ3n) is 5.45. The zero-order valence-electron chi connectivity index (χ0n) is 17.8. The van der Waals surface area contributed by atoms with Gasteiger partial charge in [0.1, 0.15) is 17.9 Å². The molecule has 1 fully saturated rings. The van der Waals surface area contributed by atoms with Crippen LogP contribution < -0.4 is 5.32 Å². The number of hydrogen-bond acceptors (Lipinski definition) is 3. The van der Waals surface area contributed by atoms with Crippen molar-refractivity contribution in [3.8, 4) is 6.07 Å². The highest BCUT2D eigenvalue weighted by Crippen LogP contribution is 2.53. The minimum Gasteiger partial charge on any atom is -0.303 e. The van der Waals surface area contributed by atoms with Crippen LogP contribution in [0.5, 0.6) is 0 Å². The summed E-state index contributed by atoms with van der Waals surface area (Å²) >= 11 is 12.0. The lowest BCUT2D eigenvalue weighted by molar-refractivity contribution is -0.109. The molecule has 0 radical (unpaired) electrons. The van der Waals surface area contributed by atoms with Gasteiger partial charge in [0.15, 0.2) is 0 Å². The number of rotatable bonds is 7. The van der Waals surface area contributed by atoms with E-state index in [-0.39, 0.29) is 27.5 Å². The van der Waals surface area contributed by atoms with Crippen LogP contribution in [0.4, 0.5) is 8.78 Å². The van der Waals surface area contributed by atoms with Gasteiger partial charge >= 0.3 is 0 Å². The van der Waals surface area contributed by atoms with E-state index >= 15 is 8.78 Å². The van der Waals surface area contributed by atoms with Crippen molar-refractivity contribution >= 4 is 29.5 Å². The fraction of sp³-hybridized carbons (Fsp3) is 0.417. The molecule has 0 saturated carbocycles. The topological polar surface area (TPSA) is 52.9 Å². The van der Waals surface area contributed by atoms with Gasteiger partial charge in [-0.05, 0) is 35.6 Å². The monoisotopic (exact) mass is 466 g/mol. The predicted octanol–water partition coefficient (Wildman–Crippen LogP) is 6.60. The summed E-state index contributed by atoms with van der Waals surface area (Å²) in [4.78, 5) is 12.0. The van der Waals surface area contributed by atoms with E-state index in [1.807, 2.05) is 20.8 Å². The molecule has 1 saturated heterocycles. The average molecular weight is 467 g/mol. The van der Waals surface area contributed by atoms with Crippen LogP contribution in [0.3, 0.4) is 0 Å². The van der Waals surface area contributed by atoms with E-state index in [1.165, 1.54) is 24.3 Å². The van der Waals surface area contributed by atoms with Crippen molar-refractivity contribution < 1.29 is 13.6 Å². The molecule has 3 nitrogen and oxygen atoms in total. The van der Waals surface area contributed by atoms with E-state index in [2.05, 4.69) is 18.0 Å². The smallest absolute Gasteiger partial charge is 0.145 e. The number of aldehydes is 1. The Labute approximate surface area is 192 Å². The summed E-state index contributed by atoms with van der Waals surface area (Å²) < 4.78 is 30.1. The first-order chi connectivity index (χ1) is 14.5. The summed E-state index contributed by atoms with van der Waals surface area (Å²) in [7, 11) is 0. The van der Waals surface area contributed by atoms with Gasteiger partial charge < -0.3 is 10.1 Å². The minimum absolute atomic E-state index is 0.107. The first-order valence-corrected chi connectivity index (χ1v) is 10.7. The first-order valence-electron chi connectivity index (χ1n) is 9.90. The summed E-state index contributed by atoms with van der Waals surface area (Å²) in [6, 6.07) is 5.23. The van der Waals surface area contributed by atoms with Gasteiger partial charge in [-0.25, -0.2) is 8.78 Å². The van der Waals surface area contributed by atoms with E-state index in [4.69, 9.17) is 23.2 Å². The minimum atomic E-state index is -1.45. The standard InChI is InChI=1S/C24H26Cl2F2N2O/c1-5-7-15(25)10-16(27)11-24(14-29)20(12-23(2,3)4)30-19(13-31)21(24)17-8-6-9-18(26)22(17)28/h5-10,13,19-21,30H,1,11-12H2,2-4H3/b15-7+,16-10+/t19-,20-,21?,24+/m0/s1. The van der Waals surface area contributed by atoms with E-state index < -0.39 is 35.1 Å². The van der Waals surface area contributed by atoms with E-state index in [9.17, 15) is 10.1 Å². The van der Waals surface area contributed by atoms with Gasteiger partial charge in [0.25, 0.3) is 0 Å². The molecule has 7 heteroatoms. The van der Waals surface area contributed by atoms with Crippen LogP contribution in [0.1, 0.15) is 45.1 Å². The maximum atomic E-state index is 15.1. The molecule has 31 heavy (non-hydrogen) atoms. The van der Waals surface area contributed by atoms with Gasteiger partial charge in [-0.1, -0.05) is 68.8 Å². The second kappa shape index (κ2) is 10.1. The maximum absolute atomic E-state index is 15.1. The molecule has 0 amide bonds. The summed E-state index contributed by atoms with van der Waals surface area (Å²) in [5, 5.41) is 13.5. The Hall–Kier alpha value is -2.00. The molecular weight excluding hydrogens is 441 g/mol. The number of carbonyl (C=O) groups is 1. The van der Waals surface area contributed by atoms with Crippen molar-refractivity contribution in [3.05, 3.63) is 70.3 Å². The lowest BCUT2D eigenvalue weighted by Crippen LogP contribution is -2.41. The molecular formula is C24H26Cl2F2N2O. The van der Waals surface area contributed by atoms with Gasteiger partial charge in [0, 0.05) is 23.4 Å². The van der Waals surface area contributed by atoms with Crippen molar-refractivity contribution in [2.24, 2.45) is 10.8 Å². The third kappa shape index (κ3) is 5.63. The number of nitrogens with one attached hydrogen (secondary N) is 1. The van der Waals surface area contributed by atoms with Gasteiger partial charge in [-0.2, -0.15) is 5.26 Å². The number of hydrogen-bond donors (Lipinski definition) is 1. The van der Waals surface area contributed by atoms with Crippen molar-refractivity contribution in [1.82, 2.24) is 5.32 Å². The summed E-state index contributed by atoms with van der Waals surface area (Å²) in [6.07, 6.45) is 4.70. The number of carbonyl (C=O) groups excluding carboxylic acids is 1. The summed E-state index contributed by atoms with van der Waals surface area (Å²) in [6.45, 7) is 9.46. The number of benzene rings is 1. The lowest BCUT2D eigenvalue weighted by atomic mass is 9.64. The van der Waals surface area contributed by atoms with Crippen LogP contribution in [0, 0.1) is 28.0 Å². The average Bonchev–Trinajstić information content (AvgIpc) is 2.95. The van der Waals surface area contributed by atoms with Crippen molar-refractivity contribution in [2.75, 3.05) is 0 Å². The molecule has 4 atom stereocenters. The molecule has 0 spiro atoms. The van der Waals surface area contributed by atoms with Gasteiger partial charge in [0.05, 0.1) is 22.5 Å². The van der Waals surface area contributed by atoms with E-state index in [1.54, 1.807) is 6.07 Å². The Morgan fingerprint density at radius 2 is 2.10 bits per heavy atom. The van der Waals surface area contributed by atoms with Crippen molar-refractivity contribution in [2.45, 2.75) is 51.6 Å². The highest BCUT2D eigenvalue weighted by molar-refractivity contribution is 6.31. The van der Waals surface area contributed by atoms with Gasteiger partial charge in [0.2, 0.25) is 0 Å². The normalized spacial score (nSPS) is 27.1.